The number of anilines is 1. The van der Waals surface area contributed by atoms with Crippen LogP contribution < -0.4 is 5.32 Å². The highest BCUT2D eigenvalue weighted by molar-refractivity contribution is 5.89. The number of hydrogen-bond donors (Lipinski definition) is 1. The normalized spacial score (nSPS) is 11.2. The molecule has 3 nitrogen and oxygen atoms in total. The number of benzene rings is 2. The van der Waals surface area contributed by atoms with E-state index in [-0.39, 0.29) is 12.2 Å². The first-order valence-electron chi connectivity index (χ1n) is 6.80. The number of rotatable bonds is 3. The van der Waals surface area contributed by atoms with Gasteiger partial charge in [0.15, 0.2) is 0 Å². The summed E-state index contributed by atoms with van der Waals surface area (Å²) in [6.07, 6.45) is -4.43. The van der Waals surface area contributed by atoms with Gasteiger partial charge < -0.3 is 10.2 Å². The van der Waals surface area contributed by atoms with Gasteiger partial charge in [0.1, 0.15) is 11.6 Å². The second-order valence-corrected chi connectivity index (χ2v) is 5.11. The molecule has 1 N–H and O–H groups in total. The Labute approximate surface area is 134 Å². The third kappa shape index (κ3) is 4.43. The fourth-order valence-corrected chi connectivity index (χ4v) is 1.95. The van der Waals surface area contributed by atoms with E-state index < -0.39 is 29.4 Å². The van der Waals surface area contributed by atoms with Gasteiger partial charge in [-0.25, -0.2) is 13.6 Å². The molecular formula is C16H13F5N2O. The molecule has 0 atom stereocenters. The lowest BCUT2D eigenvalue weighted by Gasteiger charge is -2.18. The fraction of sp³-hybridized carbons (Fsp3) is 0.188. The van der Waals surface area contributed by atoms with Crippen molar-refractivity contribution in [3.63, 3.8) is 0 Å². The summed E-state index contributed by atoms with van der Waals surface area (Å²) < 4.78 is 63.7. The zero-order valence-electron chi connectivity index (χ0n) is 12.5. The molecule has 8 heteroatoms. The number of halogens is 5. The van der Waals surface area contributed by atoms with Gasteiger partial charge in [-0.1, -0.05) is 12.1 Å². The first-order valence-corrected chi connectivity index (χ1v) is 6.80. The molecule has 0 saturated carbocycles. The average Bonchev–Trinajstić information content (AvgIpc) is 2.49. The lowest BCUT2D eigenvalue weighted by atomic mass is 10.1. The Balaban J connectivity index is 2.01. The highest BCUT2D eigenvalue weighted by Crippen LogP contribution is 2.29. The van der Waals surface area contributed by atoms with Crippen LogP contribution in [0.5, 0.6) is 0 Å². The van der Waals surface area contributed by atoms with Crippen LogP contribution in [-0.4, -0.2) is 18.0 Å². The summed E-state index contributed by atoms with van der Waals surface area (Å²) in [5, 5.41) is 2.26. The van der Waals surface area contributed by atoms with Gasteiger partial charge in [-0.15, -0.1) is 0 Å². The Morgan fingerprint density at radius 3 is 2.25 bits per heavy atom. The Bertz CT molecular complexity index is 728. The zero-order chi connectivity index (χ0) is 17.9. The van der Waals surface area contributed by atoms with Gasteiger partial charge in [-0.3, -0.25) is 0 Å². The summed E-state index contributed by atoms with van der Waals surface area (Å²) in [5.74, 6) is -1.70. The summed E-state index contributed by atoms with van der Waals surface area (Å²) in [4.78, 5) is 13.1. The Kier molecular flexibility index (Phi) is 5.06. The van der Waals surface area contributed by atoms with E-state index in [0.29, 0.717) is 11.6 Å². The number of urea groups is 1. The van der Waals surface area contributed by atoms with Crippen molar-refractivity contribution in [2.24, 2.45) is 0 Å². The molecule has 2 aromatic rings. The molecule has 0 heterocycles. The maximum absolute atomic E-state index is 13.5. The highest BCUT2D eigenvalue weighted by Gasteiger charge is 2.30. The van der Waals surface area contributed by atoms with Crippen molar-refractivity contribution in [3.8, 4) is 0 Å². The van der Waals surface area contributed by atoms with Crippen LogP contribution in [0.25, 0.3) is 0 Å². The minimum absolute atomic E-state index is 0.0206. The van der Waals surface area contributed by atoms with Gasteiger partial charge in [0.05, 0.1) is 11.3 Å². The van der Waals surface area contributed by atoms with E-state index in [0.717, 1.165) is 29.2 Å². The van der Waals surface area contributed by atoms with Crippen LogP contribution in [-0.2, 0) is 12.7 Å². The molecule has 0 aliphatic heterocycles. The Morgan fingerprint density at radius 2 is 1.71 bits per heavy atom. The number of amides is 2. The largest absolute Gasteiger partial charge is 0.416 e. The number of nitrogens with one attached hydrogen (secondary N) is 1. The minimum Gasteiger partial charge on any atom is -0.323 e. The molecule has 2 amide bonds. The van der Waals surface area contributed by atoms with Gasteiger partial charge in [0, 0.05) is 19.7 Å². The molecule has 2 rings (SSSR count). The molecular weight excluding hydrogens is 331 g/mol. The summed E-state index contributed by atoms with van der Waals surface area (Å²) in [6, 6.07) is 6.37. The highest BCUT2D eigenvalue weighted by atomic mass is 19.4. The van der Waals surface area contributed by atoms with Crippen LogP contribution in [0.15, 0.2) is 42.5 Å². The Morgan fingerprint density at radius 1 is 1.08 bits per heavy atom. The molecule has 0 spiro atoms. The van der Waals surface area contributed by atoms with Crippen molar-refractivity contribution in [1.82, 2.24) is 4.90 Å². The Hall–Kier alpha value is -2.64. The van der Waals surface area contributed by atoms with Crippen molar-refractivity contribution >= 4 is 11.7 Å². The van der Waals surface area contributed by atoms with Crippen molar-refractivity contribution in [3.05, 3.63) is 65.2 Å². The van der Waals surface area contributed by atoms with Gasteiger partial charge in [0.25, 0.3) is 0 Å². The maximum atomic E-state index is 13.5. The molecule has 0 aliphatic carbocycles. The van der Waals surface area contributed by atoms with E-state index in [4.69, 9.17) is 0 Å². The monoisotopic (exact) mass is 344 g/mol. The second-order valence-electron chi connectivity index (χ2n) is 5.11. The van der Waals surface area contributed by atoms with Crippen LogP contribution >= 0.6 is 0 Å². The van der Waals surface area contributed by atoms with E-state index in [1.165, 1.54) is 19.2 Å². The molecule has 128 valence electrons. The van der Waals surface area contributed by atoms with E-state index in [2.05, 4.69) is 5.32 Å². The van der Waals surface area contributed by atoms with Crippen LogP contribution in [0.2, 0.25) is 0 Å². The van der Waals surface area contributed by atoms with Crippen LogP contribution in [0.3, 0.4) is 0 Å². The van der Waals surface area contributed by atoms with Crippen LogP contribution in [0.1, 0.15) is 11.1 Å². The first kappa shape index (κ1) is 17.7. The number of nitrogens with zero attached hydrogens (tertiary/aromatic N) is 1. The summed E-state index contributed by atoms with van der Waals surface area (Å²) in [6.45, 7) is 0.0206. The van der Waals surface area contributed by atoms with E-state index in [1.54, 1.807) is 0 Å². The quantitative estimate of drug-likeness (QED) is 0.808. The second kappa shape index (κ2) is 6.86. The standard InChI is InChI=1S/C16H13F5N2O/c1-23(9-10-2-4-11(5-3-10)16(19,20)21)15(24)22-14-7-6-12(17)8-13(14)18/h2-8H,9H2,1H3,(H,22,24). The predicted octanol–water partition coefficient (Wildman–Crippen LogP) is 4.65. The maximum Gasteiger partial charge on any atom is 0.416 e. The molecule has 0 fully saturated rings. The molecule has 2 aromatic carbocycles. The molecule has 0 bridgehead atoms. The predicted molar refractivity (Wildman–Crippen MR) is 78.3 cm³/mol. The lowest BCUT2D eigenvalue weighted by Crippen LogP contribution is -2.31. The third-order valence-corrected chi connectivity index (χ3v) is 3.22. The zero-order valence-corrected chi connectivity index (χ0v) is 12.5. The number of hydrogen-bond acceptors (Lipinski definition) is 1. The van der Waals surface area contributed by atoms with Gasteiger partial charge in [-0.05, 0) is 29.8 Å². The third-order valence-electron chi connectivity index (χ3n) is 3.22. The topological polar surface area (TPSA) is 32.3 Å². The van der Waals surface area contributed by atoms with Crippen LogP contribution in [0, 0.1) is 11.6 Å². The van der Waals surface area contributed by atoms with Crippen molar-refractivity contribution in [2.45, 2.75) is 12.7 Å². The summed E-state index contributed by atoms with van der Waals surface area (Å²) in [7, 11) is 1.40. The van der Waals surface area contributed by atoms with E-state index >= 15 is 0 Å². The summed E-state index contributed by atoms with van der Waals surface area (Å²) in [5.41, 5.74) is -0.507. The average molecular weight is 344 g/mol. The van der Waals surface area contributed by atoms with E-state index in [9.17, 15) is 26.7 Å². The number of carbonyl (C=O) groups excluding carboxylic acids is 1. The first-order chi connectivity index (χ1) is 11.2. The molecule has 0 aromatic heterocycles. The molecule has 0 aliphatic rings. The molecule has 0 unspecified atom stereocenters. The number of alkyl halides is 3. The molecule has 0 saturated heterocycles. The minimum atomic E-state index is -4.43. The van der Waals surface area contributed by atoms with Gasteiger partial charge in [-0.2, -0.15) is 13.2 Å². The molecule has 0 radical (unpaired) electrons. The van der Waals surface area contributed by atoms with Gasteiger partial charge >= 0.3 is 12.2 Å². The molecule has 24 heavy (non-hydrogen) atoms. The van der Waals surface area contributed by atoms with Crippen molar-refractivity contribution in [1.29, 1.82) is 0 Å². The van der Waals surface area contributed by atoms with Crippen LogP contribution in [0.4, 0.5) is 32.4 Å². The fourth-order valence-electron chi connectivity index (χ4n) is 1.95. The van der Waals surface area contributed by atoms with Gasteiger partial charge in [0.2, 0.25) is 0 Å². The number of carbonyl (C=O) groups is 1. The van der Waals surface area contributed by atoms with Crippen molar-refractivity contribution < 1.29 is 26.7 Å². The van der Waals surface area contributed by atoms with E-state index in [1.807, 2.05) is 0 Å². The smallest absolute Gasteiger partial charge is 0.323 e. The SMILES string of the molecule is CN(Cc1ccc(C(F)(F)F)cc1)C(=O)Nc1ccc(F)cc1F. The van der Waals surface area contributed by atoms with Crippen molar-refractivity contribution in [2.75, 3.05) is 12.4 Å². The lowest BCUT2D eigenvalue weighted by molar-refractivity contribution is -0.137. The summed E-state index contributed by atoms with van der Waals surface area (Å²) >= 11 is 0.